The number of nitrogens with zero attached hydrogens (tertiary/aromatic N) is 1. The minimum Gasteiger partial charge on any atom is -0.342 e. The van der Waals surface area contributed by atoms with Gasteiger partial charge in [-0.05, 0) is 43.5 Å². The van der Waals surface area contributed by atoms with Gasteiger partial charge < -0.3 is 10.2 Å². The molecule has 0 spiro atoms. The Morgan fingerprint density at radius 1 is 1.10 bits per heavy atom. The third-order valence-corrected chi connectivity index (χ3v) is 3.99. The van der Waals surface area contributed by atoms with E-state index in [0.717, 1.165) is 43.9 Å². The van der Waals surface area contributed by atoms with Crippen LogP contribution in [0.4, 0.5) is 0 Å². The fraction of sp³-hybridized carbons (Fsp3) is 0.562. The lowest BCUT2D eigenvalue weighted by Gasteiger charge is -2.20. The number of hydrogen-bond acceptors (Lipinski definition) is 2. The van der Waals surface area contributed by atoms with Gasteiger partial charge in [0.2, 0.25) is 5.91 Å². The third-order valence-electron chi connectivity index (χ3n) is 3.74. The zero-order chi connectivity index (χ0) is 14.2. The number of carbonyl (C=O) groups excluding carboxylic acids is 1. The maximum atomic E-state index is 12.1. The number of amides is 1. The van der Waals surface area contributed by atoms with Crippen molar-refractivity contribution in [3.05, 3.63) is 34.9 Å². The van der Waals surface area contributed by atoms with Crippen LogP contribution < -0.4 is 5.32 Å². The van der Waals surface area contributed by atoms with Crippen LogP contribution in [-0.4, -0.2) is 37.0 Å². The van der Waals surface area contributed by atoms with E-state index in [0.29, 0.717) is 6.54 Å². The van der Waals surface area contributed by atoms with E-state index in [1.807, 2.05) is 29.2 Å². The summed E-state index contributed by atoms with van der Waals surface area (Å²) < 4.78 is 0. The number of carbonyl (C=O) groups is 1. The summed E-state index contributed by atoms with van der Waals surface area (Å²) >= 11 is 5.85. The summed E-state index contributed by atoms with van der Waals surface area (Å²) in [5.74, 6) is 0.239. The van der Waals surface area contributed by atoms with Crippen molar-refractivity contribution in [2.24, 2.45) is 0 Å². The van der Waals surface area contributed by atoms with E-state index < -0.39 is 0 Å². The number of rotatable bonds is 5. The molecule has 0 aliphatic carbocycles. The number of likely N-dealkylation sites (tertiary alicyclic amines) is 1. The van der Waals surface area contributed by atoms with Gasteiger partial charge in [-0.2, -0.15) is 0 Å². The Kier molecular flexibility index (Phi) is 6.34. The minimum atomic E-state index is 0.239. The zero-order valence-corrected chi connectivity index (χ0v) is 12.7. The molecule has 1 fully saturated rings. The second kappa shape index (κ2) is 8.28. The van der Waals surface area contributed by atoms with Crippen molar-refractivity contribution in [1.29, 1.82) is 0 Å². The van der Waals surface area contributed by atoms with Crippen LogP contribution in [0.5, 0.6) is 0 Å². The van der Waals surface area contributed by atoms with E-state index in [1.165, 1.54) is 18.4 Å². The van der Waals surface area contributed by atoms with Gasteiger partial charge in [-0.1, -0.05) is 36.6 Å². The quantitative estimate of drug-likeness (QED) is 0.847. The summed E-state index contributed by atoms with van der Waals surface area (Å²) in [6, 6.07) is 7.86. The molecule has 1 saturated heterocycles. The maximum absolute atomic E-state index is 12.1. The molecular formula is C16H23ClN2O. The molecule has 0 aromatic heterocycles. The Labute approximate surface area is 126 Å². The Morgan fingerprint density at radius 2 is 1.75 bits per heavy atom. The fourth-order valence-electron chi connectivity index (χ4n) is 2.51. The molecule has 1 aromatic carbocycles. The smallest absolute Gasteiger partial charge is 0.236 e. The summed E-state index contributed by atoms with van der Waals surface area (Å²) in [6.07, 6.45) is 5.74. The molecule has 1 aromatic rings. The summed E-state index contributed by atoms with van der Waals surface area (Å²) in [6.45, 7) is 3.13. The first-order valence-corrected chi connectivity index (χ1v) is 7.86. The monoisotopic (exact) mass is 294 g/mol. The molecule has 1 heterocycles. The molecular weight excluding hydrogens is 272 g/mol. The topological polar surface area (TPSA) is 32.3 Å². The Bertz CT molecular complexity index is 411. The van der Waals surface area contributed by atoms with Crippen molar-refractivity contribution >= 4 is 17.5 Å². The number of halogens is 1. The largest absolute Gasteiger partial charge is 0.342 e. The van der Waals surface area contributed by atoms with Crippen molar-refractivity contribution in [3.8, 4) is 0 Å². The first kappa shape index (κ1) is 15.3. The summed E-state index contributed by atoms with van der Waals surface area (Å²) in [5, 5.41) is 4.00. The summed E-state index contributed by atoms with van der Waals surface area (Å²) in [5.41, 5.74) is 1.24. The molecule has 110 valence electrons. The molecule has 1 N–H and O–H groups in total. The highest BCUT2D eigenvalue weighted by Crippen LogP contribution is 2.10. The average molecular weight is 295 g/mol. The van der Waals surface area contributed by atoms with Crippen LogP contribution in [0.2, 0.25) is 5.02 Å². The van der Waals surface area contributed by atoms with E-state index in [-0.39, 0.29) is 5.91 Å². The van der Waals surface area contributed by atoms with Gasteiger partial charge in [0.15, 0.2) is 0 Å². The van der Waals surface area contributed by atoms with Gasteiger partial charge in [0.05, 0.1) is 6.54 Å². The van der Waals surface area contributed by atoms with E-state index >= 15 is 0 Å². The van der Waals surface area contributed by atoms with Crippen molar-refractivity contribution in [2.75, 3.05) is 26.2 Å². The number of hydrogen-bond donors (Lipinski definition) is 1. The van der Waals surface area contributed by atoms with Gasteiger partial charge in [0.25, 0.3) is 0 Å². The van der Waals surface area contributed by atoms with E-state index in [9.17, 15) is 4.79 Å². The van der Waals surface area contributed by atoms with E-state index in [2.05, 4.69) is 5.32 Å². The maximum Gasteiger partial charge on any atom is 0.236 e. The SMILES string of the molecule is O=C(CNCCc1ccc(Cl)cc1)N1CCCCCC1. The van der Waals surface area contributed by atoms with Crippen LogP contribution in [0.1, 0.15) is 31.2 Å². The second-order valence-electron chi connectivity index (χ2n) is 5.35. The van der Waals surface area contributed by atoms with Crippen LogP contribution in [-0.2, 0) is 11.2 Å². The number of nitrogens with one attached hydrogen (secondary N) is 1. The molecule has 0 unspecified atom stereocenters. The molecule has 0 saturated carbocycles. The molecule has 0 atom stereocenters. The molecule has 1 aliphatic rings. The highest BCUT2D eigenvalue weighted by molar-refractivity contribution is 6.30. The lowest BCUT2D eigenvalue weighted by atomic mass is 10.1. The normalized spacial score (nSPS) is 15.9. The van der Waals surface area contributed by atoms with Crippen LogP contribution in [0.3, 0.4) is 0 Å². The average Bonchev–Trinajstić information content (AvgIpc) is 2.74. The van der Waals surface area contributed by atoms with E-state index in [1.54, 1.807) is 0 Å². The van der Waals surface area contributed by atoms with E-state index in [4.69, 9.17) is 11.6 Å². The molecule has 2 rings (SSSR count). The minimum absolute atomic E-state index is 0.239. The Morgan fingerprint density at radius 3 is 2.40 bits per heavy atom. The standard InChI is InChI=1S/C16H23ClN2O/c17-15-7-5-14(6-8-15)9-10-18-13-16(20)19-11-3-1-2-4-12-19/h5-8,18H,1-4,9-13H2. The van der Waals surface area contributed by atoms with Gasteiger partial charge in [-0.3, -0.25) is 4.79 Å². The lowest BCUT2D eigenvalue weighted by molar-refractivity contribution is -0.130. The number of benzene rings is 1. The fourth-order valence-corrected chi connectivity index (χ4v) is 2.64. The predicted octanol–water partition coefficient (Wildman–Crippen LogP) is 2.87. The van der Waals surface area contributed by atoms with Gasteiger partial charge >= 0.3 is 0 Å². The highest BCUT2D eigenvalue weighted by atomic mass is 35.5. The summed E-state index contributed by atoms with van der Waals surface area (Å²) in [4.78, 5) is 14.1. The molecule has 3 nitrogen and oxygen atoms in total. The zero-order valence-electron chi connectivity index (χ0n) is 11.9. The van der Waals surface area contributed by atoms with Crippen LogP contribution in [0, 0.1) is 0 Å². The predicted molar refractivity (Wildman–Crippen MR) is 83.1 cm³/mol. The van der Waals surface area contributed by atoms with Crippen molar-refractivity contribution < 1.29 is 4.79 Å². The van der Waals surface area contributed by atoms with Crippen LogP contribution >= 0.6 is 11.6 Å². The van der Waals surface area contributed by atoms with Gasteiger partial charge in [0, 0.05) is 18.1 Å². The lowest BCUT2D eigenvalue weighted by Crippen LogP contribution is -2.39. The van der Waals surface area contributed by atoms with Gasteiger partial charge in [-0.15, -0.1) is 0 Å². The Balaban J connectivity index is 1.64. The molecule has 0 radical (unpaired) electrons. The van der Waals surface area contributed by atoms with Crippen molar-refractivity contribution in [2.45, 2.75) is 32.1 Å². The second-order valence-corrected chi connectivity index (χ2v) is 5.78. The van der Waals surface area contributed by atoms with Gasteiger partial charge in [0.1, 0.15) is 0 Å². The highest BCUT2D eigenvalue weighted by Gasteiger charge is 2.14. The molecule has 4 heteroatoms. The molecule has 1 amide bonds. The summed E-state index contributed by atoms with van der Waals surface area (Å²) in [7, 11) is 0. The third kappa shape index (κ3) is 5.14. The first-order chi connectivity index (χ1) is 9.75. The first-order valence-electron chi connectivity index (χ1n) is 7.48. The van der Waals surface area contributed by atoms with Gasteiger partial charge in [-0.25, -0.2) is 0 Å². The van der Waals surface area contributed by atoms with Crippen molar-refractivity contribution in [3.63, 3.8) is 0 Å². The Hall–Kier alpha value is -1.06. The van der Waals surface area contributed by atoms with Crippen LogP contribution in [0.15, 0.2) is 24.3 Å². The molecule has 20 heavy (non-hydrogen) atoms. The molecule has 1 aliphatic heterocycles. The van der Waals surface area contributed by atoms with Crippen molar-refractivity contribution in [1.82, 2.24) is 10.2 Å². The van der Waals surface area contributed by atoms with Crippen LogP contribution in [0.25, 0.3) is 0 Å². The molecule has 0 bridgehead atoms.